The molecule has 1 aliphatic heterocycles. The van der Waals surface area contributed by atoms with Crippen molar-refractivity contribution >= 4 is 32.5 Å². The second-order valence-electron chi connectivity index (χ2n) is 2.61. The quantitative estimate of drug-likeness (QED) is 0.565. The van der Waals surface area contributed by atoms with Crippen LogP contribution in [0.2, 0.25) is 0 Å². The van der Waals surface area contributed by atoms with Crippen LogP contribution in [0.4, 0.5) is 0 Å². The smallest absolute Gasteiger partial charge is 0.327 e. The highest BCUT2D eigenvalue weighted by Gasteiger charge is 2.16. The lowest BCUT2D eigenvalue weighted by molar-refractivity contribution is -0.143. The molecular weight excluding hydrogens is 264 g/mol. The number of hydrogen-bond donors (Lipinski definition) is 0. The van der Waals surface area contributed by atoms with Gasteiger partial charge in [-0.1, -0.05) is 0 Å². The molecule has 6 heteroatoms. The van der Waals surface area contributed by atoms with Crippen LogP contribution in [0.5, 0.6) is 0 Å². The van der Waals surface area contributed by atoms with Gasteiger partial charge in [0.25, 0.3) is 0 Å². The van der Waals surface area contributed by atoms with E-state index in [4.69, 9.17) is 4.74 Å². The van der Waals surface area contributed by atoms with Gasteiger partial charge in [-0.15, -0.1) is 0 Å². The third kappa shape index (κ3) is 3.34. The molecule has 0 radical (unpaired) electrons. The SMILES string of the molecule is CCOC(=O)CN1N=C(Br)C=CC1=C=O. The van der Waals surface area contributed by atoms with Gasteiger partial charge in [0.2, 0.25) is 0 Å². The number of ether oxygens (including phenoxy) is 1. The van der Waals surface area contributed by atoms with Gasteiger partial charge in [-0.3, -0.25) is 4.79 Å². The van der Waals surface area contributed by atoms with E-state index in [1.165, 1.54) is 11.1 Å². The van der Waals surface area contributed by atoms with E-state index in [1.807, 2.05) is 0 Å². The summed E-state index contributed by atoms with van der Waals surface area (Å²) in [6, 6.07) is 0. The van der Waals surface area contributed by atoms with Gasteiger partial charge >= 0.3 is 5.97 Å². The molecule has 0 saturated heterocycles. The Morgan fingerprint density at radius 1 is 1.67 bits per heavy atom. The Morgan fingerprint density at radius 2 is 2.40 bits per heavy atom. The van der Waals surface area contributed by atoms with Crippen molar-refractivity contribution in [1.82, 2.24) is 5.01 Å². The van der Waals surface area contributed by atoms with Gasteiger partial charge in [0.05, 0.1) is 6.61 Å². The van der Waals surface area contributed by atoms with Crippen molar-refractivity contribution < 1.29 is 14.3 Å². The molecule has 0 bridgehead atoms. The molecule has 0 aromatic heterocycles. The predicted molar refractivity (Wildman–Crippen MR) is 58.0 cm³/mol. The first-order valence-electron chi connectivity index (χ1n) is 4.27. The number of hydrogen-bond acceptors (Lipinski definition) is 5. The number of carbonyl (C=O) groups is 1. The summed E-state index contributed by atoms with van der Waals surface area (Å²) in [5.41, 5.74) is 0.200. The molecule has 0 saturated carbocycles. The van der Waals surface area contributed by atoms with E-state index in [9.17, 15) is 9.59 Å². The number of hydrazone groups is 1. The Kier molecular flexibility index (Phi) is 4.27. The molecule has 0 aliphatic carbocycles. The normalized spacial score (nSPS) is 14.7. The monoisotopic (exact) mass is 272 g/mol. The molecule has 0 fully saturated rings. The number of allylic oxidation sites excluding steroid dienone is 2. The summed E-state index contributed by atoms with van der Waals surface area (Å²) in [5.74, 6) is 1.25. The largest absolute Gasteiger partial charge is 0.465 e. The summed E-state index contributed by atoms with van der Waals surface area (Å²) in [7, 11) is 0. The van der Waals surface area contributed by atoms with Crippen molar-refractivity contribution in [2.75, 3.05) is 13.2 Å². The molecule has 80 valence electrons. The molecule has 1 heterocycles. The van der Waals surface area contributed by atoms with Crippen LogP contribution in [0, 0.1) is 0 Å². The zero-order valence-electron chi connectivity index (χ0n) is 8.07. The molecule has 0 spiro atoms. The van der Waals surface area contributed by atoms with Gasteiger partial charge in [0, 0.05) is 0 Å². The van der Waals surface area contributed by atoms with Crippen LogP contribution < -0.4 is 0 Å². The zero-order chi connectivity index (χ0) is 11.3. The molecule has 1 rings (SSSR count). The summed E-state index contributed by atoms with van der Waals surface area (Å²) < 4.78 is 5.27. The minimum absolute atomic E-state index is 0.0994. The van der Waals surface area contributed by atoms with Crippen molar-refractivity contribution in [2.24, 2.45) is 5.10 Å². The Bertz CT molecular complexity index is 370. The van der Waals surface area contributed by atoms with E-state index in [2.05, 4.69) is 21.0 Å². The van der Waals surface area contributed by atoms with E-state index < -0.39 is 5.97 Å². The summed E-state index contributed by atoms with van der Waals surface area (Å²) in [6.45, 7) is 1.91. The van der Waals surface area contributed by atoms with Crippen LogP contribution in [0.25, 0.3) is 0 Å². The second-order valence-corrected chi connectivity index (χ2v) is 3.42. The molecule has 1 aliphatic rings. The van der Waals surface area contributed by atoms with Crippen molar-refractivity contribution in [3.63, 3.8) is 0 Å². The molecule has 5 nitrogen and oxygen atoms in total. The molecule has 0 atom stereocenters. The fourth-order valence-electron chi connectivity index (χ4n) is 0.972. The van der Waals surface area contributed by atoms with Gasteiger partial charge in [0.15, 0.2) is 5.94 Å². The van der Waals surface area contributed by atoms with Crippen LogP contribution in [-0.2, 0) is 14.3 Å². The number of esters is 1. The third-order valence-electron chi connectivity index (χ3n) is 1.56. The highest BCUT2D eigenvalue weighted by molar-refractivity contribution is 9.18. The molecular formula is C9H9BrN2O3. The second kappa shape index (κ2) is 5.48. The number of halogens is 1. The number of nitrogens with zero attached hydrogens (tertiary/aromatic N) is 2. The molecule has 0 amide bonds. The van der Waals surface area contributed by atoms with Crippen LogP contribution >= 0.6 is 15.9 Å². The standard InChI is InChI=1S/C9H9BrN2O3/c1-2-15-9(14)5-12-7(6-13)3-4-8(10)11-12/h3-4H,2,5H2,1H3. The van der Waals surface area contributed by atoms with E-state index in [0.29, 0.717) is 11.2 Å². The Balaban J connectivity index is 2.71. The van der Waals surface area contributed by atoms with Gasteiger partial charge in [-0.2, -0.15) is 5.10 Å². The van der Waals surface area contributed by atoms with Crippen LogP contribution in [-0.4, -0.2) is 34.7 Å². The maximum absolute atomic E-state index is 11.2. The first-order chi connectivity index (χ1) is 7.17. The first-order valence-corrected chi connectivity index (χ1v) is 5.07. The van der Waals surface area contributed by atoms with Crippen molar-refractivity contribution in [3.05, 3.63) is 17.8 Å². The molecule has 15 heavy (non-hydrogen) atoms. The van der Waals surface area contributed by atoms with Gasteiger partial charge in [-0.25, -0.2) is 9.80 Å². The molecule has 0 N–H and O–H groups in total. The van der Waals surface area contributed by atoms with E-state index in [-0.39, 0.29) is 12.2 Å². The van der Waals surface area contributed by atoms with Crippen molar-refractivity contribution in [3.8, 4) is 0 Å². The fraction of sp³-hybridized carbons (Fsp3) is 0.333. The zero-order valence-corrected chi connectivity index (χ0v) is 9.65. The summed E-state index contributed by atoms with van der Waals surface area (Å²) in [6.07, 6.45) is 3.12. The Labute approximate surface area is 95.2 Å². The average Bonchev–Trinajstić information content (AvgIpc) is 2.18. The molecule has 0 aromatic rings. The topological polar surface area (TPSA) is 59.0 Å². The number of rotatable bonds is 3. The Hall–Kier alpha value is -1.39. The third-order valence-corrected chi connectivity index (χ3v) is 1.98. The van der Waals surface area contributed by atoms with Gasteiger partial charge in [-0.05, 0) is 35.0 Å². The molecule has 0 unspecified atom stereocenters. The minimum Gasteiger partial charge on any atom is -0.465 e. The van der Waals surface area contributed by atoms with E-state index in [0.717, 1.165) is 0 Å². The van der Waals surface area contributed by atoms with Crippen LogP contribution in [0.1, 0.15) is 6.92 Å². The van der Waals surface area contributed by atoms with Gasteiger partial charge in [0.1, 0.15) is 16.9 Å². The lowest BCUT2D eigenvalue weighted by Gasteiger charge is -2.19. The summed E-state index contributed by atoms with van der Waals surface area (Å²) in [5, 5.41) is 5.17. The van der Waals surface area contributed by atoms with Crippen molar-refractivity contribution in [1.29, 1.82) is 0 Å². The van der Waals surface area contributed by atoms with Crippen molar-refractivity contribution in [2.45, 2.75) is 6.92 Å². The summed E-state index contributed by atoms with van der Waals surface area (Å²) in [4.78, 5) is 21.7. The van der Waals surface area contributed by atoms with Crippen LogP contribution in [0.3, 0.4) is 0 Å². The highest BCUT2D eigenvalue weighted by atomic mass is 79.9. The first kappa shape index (κ1) is 11.7. The predicted octanol–water partition coefficient (Wildman–Crippen LogP) is 0.845. The Morgan fingerprint density at radius 3 is 3.00 bits per heavy atom. The number of carbonyl (C=O) groups excluding carboxylic acids is 2. The lowest BCUT2D eigenvalue weighted by atomic mass is 10.3. The van der Waals surface area contributed by atoms with E-state index >= 15 is 0 Å². The minimum atomic E-state index is -0.440. The average molecular weight is 273 g/mol. The van der Waals surface area contributed by atoms with E-state index in [1.54, 1.807) is 18.9 Å². The maximum Gasteiger partial charge on any atom is 0.327 e. The summed E-state index contributed by atoms with van der Waals surface area (Å²) >= 11 is 3.14. The maximum atomic E-state index is 11.2. The molecule has 0 aromatic carbocycles. The fourth-order valence-corrected chi connectivity index (χ4v) is 1.30. The lowest BCUT2D eigenvalue weighted by Crippen LogP contribution is -2.28. The van der Waals surface area contributed by atoms with Gasteiger partial charge < -0.3 is 4.74 Å². The van der Waals surface area contributed by atoms with Crippen LogP contribution in [0.15, 0.2) is 23.0 Å². The highest BCUT2D eigenvalue weighted by Crippen LogP contribution is 2.12.